The van der Waals surface area contributed by atoms with Crippen molar-refractivity contribution in [3.8, 4) is 0 Å². The van der Waals surface area contributed by atoms with Gasteiger partial charge in [0.2, 0.25) is 0 Å². The highest BCUT2D eigenvalue weighted by atomic mass is 35.5. The number of aromatic nitrogens is 2. The van der Waals surface area contributed by atoms with Gasteiger partial charge in [-0.2, -0.15) is 0 Å². The molecule has 0 aliphatic carbocycles. The Hall–Kier alpha value is -2.80. The van der Waals surface area contributed by atoms with E-state index in [0.717, 1.165) is 38.3 Å². The van der Waals surface area contributed by atoms with Gasteiger partial charge in [0, 0.05) is 51.4 Å². The summed E-state index contributed by atoms with van der Waals surface area (Å²) in [6.07, 6.45) is 2.06. The summed E-state index contributed by atoms with van der Waals surface area (Å²) in [4.78, 5) is 14.0. The maximum atomic E-state index is 12.9. The number of para-hydroxylation sites is 1. The summed E-state index contributed by atoms with van der Waals surface area (Å²) in [7, 11) is -3.49. The third-order valence-corrected chi connectivity index (χ3v) is 9.57. The standard InChI is InChI=1S/C30H41ClN6O4S/c1-23(2)42(38,39)28-6-4-3-5-27(28)34-30-26(31)22-33-29(35-30)21-24-7-9-25(10-8-24)37-14-12-36(13-15-37)16-18-41-20-19-40-17-11-32/h3-10,22-23H,11-21,32H2,1-2H3,(H,33,34,35). The fourth-order valence-corrected chi connectivity index (χ4v) is 5.95. The van der Waals surface area contributed by atoms with Crippen LogP contribution in [0, 0.1) is 0 Å². The van der Waals surface area contributed by atoms with E-state index in [2.05, 4.69) is 49.4 Å². The van der Waals surface area contributed by atoms with Crippen LogP contribution in [-0.4, -0.2) is 94.2 Å². The largest absolute Gasteiger partial charge is 0.378 e. The van der Waals surface area contributed by atoms with E-state index in [9.17, 15) is 8.42 Å². The predicted octanol–water partition coefficient (Wildman–Crippen LogP) is 3.76. The highest BCUT2D eigenvalue weighted by Crippen LogP contribution is 2.30. The highest BCUT2D eigenvalue weighted by Gasteiger charge is 2.23. The van der Waals surface area contributed by atoms with Crippen molar-refractivity contribution in [1.29, 1.82) is 0 Å². The van der Waals surface area contributed by atoms with Crippen LogP contribution in [0.1, 0.15) is 25.2 Å². The zero-order valence-electron chi connectivity index (χ0n) is 24.3. The molecule has 0 radical (unpaired) electrons. The average Bonchev–Trinajstić information content (AvgIpc) is 2.99. The maximum absolute atomic E-state index is 12.9. The number of ether oxygens (including phenoxy) is 2. The van der Waals surface area contributed by atoms with E-state index in [1.165, 1.54) is 5.69 Å². The molecule has 0 spiro atoms. The van der Waals surface area contributed by atoms with Crippen LogP contribution < -0.4 is 16.0 Å². The van der Waals surface area contributed by atoms with Gasteiger partial charge in [0.25, 0.3) is 0 Å². The first-order valence-electron chi connectivity index (χ1n) is 14.3. The van der Waals surface area contributed by atoms with E-state index >= 15 is 0 Å². The van der Waals surface area contributed by atoms with Gasteiger partial charge in [-0.1, -0.05) is 35.9 Å². The molecule has 0 saturated carbocycles. The number of halogens is 1. The average molecular weight is 617 g/mol. The van der Waals surface area contributed by atoms with Crippen molar-refractivity contribution < 1.29 is 17.9 Å². The van der Waals surface area contributed by atoms with Crippen molar-refractivity contribution >= 4 is 38.6 Å². The Morgan fingerprint density at radius 2 is 1.67 bits per heavy atom. The van der Waals surface area contributed by atoms with Crippen LogP contribution >= 0.6 is 11.6 Å². The Bertz CT molecular complexity index is 1380. The van der Waals surface area contributed by atoms with Crippen LogP contribution in [0.3, 0.4) is 0 Å². The van der Waals surface area contributed by atoms with Gasteiger partial charge in [0.15, 0.2) is 15.7 Å². The molecular weight excluding hydrogens is 576 g/mol. The summed E-state index contributed by atoms with van der Waals surface area (Å²) in [5.41, 5.74) is 8.10. The Labute approximate surface area is 254 Å². The lowest BCUT2D eigenvalue weighted by Crippen LogP contribution is -2.47. The van der Waals surface area contributed by atoms with Crippen LogP contribution in [0.2, 0.25) is 5.02 Å². The van der Waals surface area contributed by atoms with E-state index in [4.69, 9.17) is 26.8 Å². The van der Waals surface area contributed by atoms with Gasteiger partial charge in [-0.05, 0) is 43.7 Å². The molecule has 0 amide bonds. The summed E-state index contributed by atoms with van der Waals surface area (Å²) in [6, 6.07) is 15.2. The van der Waals surface area contributed by atoms with Crippen molar-refractivity contribution in [2.45, 2.75) is 30.4 Å². The first-order chi connectivity index (χ1) is 20.3. The second-order valence-corrected chi connectivity index (χ2v) is 13.3. The van der Waals surface area contributed by atoms with Crippen LogP contribution in [0.15, 0.2) is 59.6 Å². The minimum absolute atomic E-state index is 0.213. The molecule has 4 rings (SSSR count). The first-order valence-corrected chi connectivity index (χ1v) is 16.2. The lowest BCUT2D eigenvalue weighted by atomic mass is 10.1. The molecule has 1 aliphatic rings. The summed E-state index contributed by atoms with van der Waals surface area (Å²) in [5.74, 6) is 0.952. The Morgan fingerprint density at radius 3 is 2.36 bits per heavy atom. The van der Waals surface area contributed by atoms with Gasteiger partial charge >= 0.3 is 0 Å². The minimum Gasteiger partial charge on any atom is -0.378 e. The monoisotopic (exact) mass is 616 g/mol. The zero-order valence-corrected chi connectivity index (χ0v) is 25.9. The van der Waals surface area contributed by atoms with Gasteiger partial charge in [0.05, 0.1) is 48.5 Å². The van der Waals surface area contributed by atoms with Crippen molar-refractivity contribution in [2.75, 3.05) is 75.9 Å². The first kappa shape index (κ1) is 32.1. The molecule has 1 aliphatic heterocycles. The molecule has 3 N–H and O–H groups in total. The second-order valence-electron chi connectivity index (χ2n) is 10.4. The fourth-order valence-electron chi connectivity index (χ4n) is 4.61. The molecule has 1 saturated heterocycles. The van der Waals surface area contributed by atoms with Crippen LogP contribution in [0.25, 0.3) is 0 Å². The van der Waals surface area contributed by atoms with Gasteiger partial charge in [-0.25, -0.2) is 18.4 Å². The number of hydrogen-bond acceptors (Lipinski definition) is 10. The highest BCUT2D eigenvalue weighted by molar-refractivity contribution is 7.92. The molecule has 1 fully saturated rings. The molecule has 228 valence electrons. The minimum atomic E-state index is -3.49. The van der Waals surface area contributed by atoms with Crippen molar-refractivity contribution in [1.82, 2.24) is 14.9 Å². The third kappa shape index (κ3) is 8.85. The quantitative estimate of drug-likeness (QED) is 0.244. The SMILES string of the molecule is CC(C)S(=O)(=O)c1ccccc1Nc1nc(Cc2ccc(N3CCN(CCOCCOCCN)CC3)cc2)ncc1Cl. The summed E-state index contributed by atoms with van der Waals surface area (Å²) < 4.78 is 36.7. The number of rotatable bonds is 15. The normalized spacial score (nSPS) is 14.5. The van der Waals surface area contributed by atoms with E-state index in [1.807, 2.05) is 0 Å². The molecule has 2 heterocycles. The van der Waals surface area contributed by atoms with Gasteiger partial charge in [-0.15, -0.1) is 0 Å². The van der Waals surface area contributed by atoms with Gasteiger partial charge in [-0.3, -0.25) is 4.90 Å². The maximum Gasteiger partial charge on any atom is 0.182 e. The van der Waals surface area contributed by atoms with E-state index in [0.29, 0.717) is 61.7 Å². The molecule has 1 aromatic heterocycles. The third-order valence-electron chi connectivity index (χ3n) is 7.08. The lowest BCUT2D eigenvalue weighted by Gasteiger charge is -2.36. The number of piperazine rings is 1. The summed E-state index contributed by atoms with van der Waals surface area (Å²) in [5, 5.41) is 2.88. The zero-order chi connectivity index (χ0) is 30.0. The Morgan fingerprint density at radius 1 is 0.976 bits per heavy atom. The second kappa shape index (κ2) is 15.6. The number of nitrogens with zero attached hydrogens (tertiary/aromatic N) is 4. The smallest absolute Gasteiger partial charge is 0.182 e. The topological polar surface area (TPSA) is 123 Å². The van der Waals surface area contributed by atoms with Crippen LogP contribution in [0.4, 0.5) is 17.2 Å². The molecule has 0 atom stereocenters. The predicted molar refractivity (Wildman–Crippen MR) is 168 cm³/mol. The fraction of sp³-hybridized carbons (Fsp3) is 0.467. The number of anilines is 3. The van der Waals surface area contributed by atoms with Crippen molar-refractivity contribution in [3.05, 3.63) is 71.1 Å². The van der Waals surface area contributed by atoms with E-state index in [1.54, 1.807) is 44.3 Å². The van der Waals surface area contributed by atoms with Crippen LogP contribution in [0.5, 0.6) is 0 Å². The van der Waals surface area contributed by atoms with Crippen LogP contribution in [-0.2, 0) is 25.7 Å². The lowest BCUT2D eigenvalue weighted by molar-refractivity contribution is 0.0405. The Balaban J connectivity index is 1.30. The molecule has 10 nitrogen and oxygen atoms in total. The van der Waals surface area contributed by atoms with Gasteiger partial charge in [0.1, 0.15) is 10.8 Å². The summed E-state index contributed by atoms with van der Waals surface area (Å²) in [6.45, 7) is 11.1. The molecule has 42 heavy (non-hydrogen) atoms. The van der Waals surface area contributed by atoms with Crippen molar-refractivity contribution in [3.63, 3.8) is 0 Å². The molecular formula is C30H41ClN6O4S. The number of nitrogens with two attached hydrogens (primary N) is 1. The number of benzene rings is 2. The molecule has 2 aromatic carbocycles. The number of sulfone groups is 1. The molecule has 12 heteroatoms. The molecule has 0 unspecified atom stereocenters. The summed E-state index contributed by atoms with van der Waals surface area (Å²) >= 11 is 6.39. The number of hydrogen-bond donors (Lipinski definition) is 2. The number of nitrogens with one attached hydrogen (secondary N) is 1. The van der Waals surface area contributed by atoms with E-state index < -0.39 is 15.1 Å². The van der Waals surface area contributed by atoms with E-state index in [-0.39, 0.29) is 4.90 Å². The molecule has 0 bridgehead atoms. The van der Waals surface area contributed by atoms with Crippen molar-refractivity contribution in [2.24, 2.45) is 5.73 Å². The van der Waals surface area contributed by atoms with Gasteiger partial charge < -0.3 is 25.4 Å². The Kier molecular flexibility index (Phi) is 11.9. The molecule has 3 aromatic rings.